The summed E-state index contributed by atoms with van der Waals surface area (Å²) in [6.07, 6.45) is 0. The van der Waals surface area contributed by atoms with E-state index in [0.717, 1.165) is 0 Å². The number of rotatable bonds is 3. The molecule has 7 nitrogen and oxygen atoms in total. The second-order valence-corrected chi connectivity index (χ2v) is 2.22. The van der Waals surface area contributed by atoms with Crippen LogP contribution in [0.3, 0.4) is 0 Å². The van der Waals surface area contributed by atoms with Gasteiger partial charge in [0, 0.05) is 0 Å². The van der Waals surface area contributed by atoms with E-state index in [1.165, 1.54) is 7.11 Å². The number of nitrogens with zero attached hydrogens (tertiary/aromatic N) is 3. The Balaban J connectivity index is 2.96. The minimum absolute atomic E-state index is 0.0134. The van der Waals surface area contributed by atoms with Gasteiger partial charge in [-0.3, -0.25) is 0 Å². The molecular formula is C7H10N4O3. The number of ether oxygens (including phenoxy) is 2. The molecule has 1 aromatic rings. The lowest BCUT2D eigenvalue weighted by Crippen LogP contribution is -2.13. The van der Waals surface area contributed by atoms with Crippen molar-refractivity contribution in [3.63, 3.8) is 0 Å². The van der Waals surface area contributed by atoms with E-state index in [1.54, 1.807) is 6.92 Å². The second-order valence-electron chi connectivity index (χ2n) is 2.22. The minimum atomic E-state index is -0.653. The molecule has 0 bridgehead atoms. The summed E-state index contributed by atoms with van der Waals surface area (Å²) >= 11 is 0. The first kappa shape index (κ1) is 10.2. The average molecular weight is 198 g/mol. The number of carbonyl (C=O) groups is 1. The third kappa shape index (κ3) is 2.28. The summed E-state index contributed by atoms with van der Waals surface area (Å²) in [5.41, 5.74) is 5.32. The van der Waals surface area contributed by atoms with Crippen LogP contribution in [-0.2, 0) is 4.74 Å². The van der Waals surface area contributed by atoms with Gasteiger partial charge in [0.25, 0.3) is 0 Å². The number of aromatic nitrogens is 3. The maximum Gasteiger partial charge on any atom is 0.376 e. The molecule has 1 heterocycles. The van der Waals surface area contributed by atoms with Crippen LogP contribution in [0.4, 0.5) is 5.95 Å². The van der Waals surface area contributed by atoms with Crippen LogP contribution in [0.5, 0.6) is 6.01 Å². The maximum absolute atomic E-state index is 11.2. The predicted octanol–water partition coefficient (Wildman–Crippen LogP) is -0.361. The number of hydrogen-bond donors (Lipinski definition) is 1. The van der Waals surface area contributed by atoms with Crippen molar-refractivity contribution in [3.05, 3.63) is 5.82 Å². The lowest BCUT2D eigenvalue weighted by atomic mass is 10.6. The number of esters is 1. The Morgan fingerprint density at radius 1 is 1.43 bits per heavy atom. The molecule has 0 unspecified atom stereocenters. The molecule has 0 aliphatic rings. The average Bonchev–Trinajstić information content (AvgIpc) is 2.17. The third-order valence-electron chi connectivity index (χ3n) is 1.27. The quantitative estimate of drug-likeness (QED) is 0.661. The van der Waals surface area contributed by atoms with Gasteiger partial charge in [0.2, 0.25) is 11.8 Å². The molecule has 0 aromatic carbocycles. The highest BCUT2D eigenvalue weighted by molar-refractivity contribution is 5.85. The normalized spacial score (nSPS) is 9.57. The first-order valence-corrected chi connectivity index (χ1v) is 3.90. The van der Waals surface area contributed by atoms with Crippen molar-refractivity contribution >= 4 is 11.9 Å². The van der Waals surface area contributed by atoms with Gasteiger partial charge in [0.15, 0.2) is 0 Å². The Morgan fingerprint density at radius 3 is 2.71 bits per heavy atom. The van der Waals surface area contributed by atoms with Crippen molar-refractivity contribution in [1.29, 1.82) is 0 Å². The predicted molar refractivity (Wildman–Crippen MR) is 46.7 cm³/mol. The zero-order valence-electron chi connectivity index (χ0n) is 7.85. The van der Waals surface area contributed by atoms with Crippen molar-refractivity contribution < 1.29 is 14.3 Å². The van der Waals surface area contributed by atoms with Crippen molar-refractivity contribution in [2.75, 3.05) is 19.5 Å². The van der Waals surface area contributed by atoms with Gasteiger partial charge in [0.05, 0.1) is 13.7 Å². The number of nitrogens with two attached hydrogens (primary N) is 1. The van der Waals surface area contributed by atoms with Crippen LogP contribution in [0.25, 0.3) is 0 Å². The lowest BCUT2D eigenvalue weighted by molar-refractivity contribution is 0.0510. The molecule has 76 valence electrons. The van der Waals surface area contributed by atoms with Crippen LogP contribution in [0.2, 0.25) is 0 Å². The zero-order chi connectivity index (χ0) is 10.6. The summed E-state index contributed by atoms with van der Waals surface area (Å²) in [6.45, 7) is 1.92. The highest BCUT2D eigenvalue weighted by atomic mass is 16.5. The first-order chi connectivity index (χ1) is 6.67. The van der Waals surface area contributed by atoms with Gasteiger partial charge in [-0.25, -0.2) is 4.79 Å². The Hall–Kier alpha value is -1.92. The van der Waals surface area contributed by atoms with Crippen molar-refractivity contribution in [1.82, 2.24) is 15.0 Å². The second kappa shape index (κ2) is 4.35. The van der Waals surface area contributed by atoms with Crippen LogP contribution in [0.15, 0.2) is 0 Å². The van der Waals surface area contributed by atoms with E-state index in [0.29, 0.717) is 0 Å². The Bertz CT molecular complexity index is 342. The number of anilines is 1. The van der Waals surface area contributed by atoms with Gasteiger partial charge in [0.1, 0.15) is 0 Å². The number of methoxy groups -OCH3 is 1. The minimum Gasteiger partial charge on any atom is -0.467 e. The van der Waals surface area contributed by atoms with Crippen LogP contribution >= 0.6 is 0 Å². The van der Waals surface area contributed by atoms with Crippen molar-refractivity contribution in [3.8, 4) is 6.01 Å². The molecular weight excluding hydrogens is 188 g/mol. The molecule has 0 radical (unpaired) electrons. The molecule has 0 aliphatic heterocycles. The van der Waals surface area contributed by atoms with Gasteiger partial charge in [-0.05, 0) is 6.92 Å². The van der Waals surface area contributed by atoms with E-state index in [1.807, 2.05) is 0 Å². The molecule has 2 N–H and O–H groups in total. The smallest absolute Gasteiger partial charge is 0.376 e. The first-order valence-electron chi connectivity index (χ1n) is 3.90. The molecule has 7 heteroatoms. The summed E-state index contributed by atoms with van der Waals surface area (Å²) in [6, 6.07) is -0.0134. The van der Waals surface area contributed by atoms with Gasteiger partial charge in [-0.15, -0.1) is 0 Å². The summed E-state index contributed by atoms with van der Waals surface area (Å²) in [7, 11) is 1.36. The van der Waals surface area contributed by atoms with Gasteiger partial charge in [-0.2, -0.15) is 15.0 Å². The fraction of sp³-hybridized carbons (Fsp3) is 0.429. The molecule has 0 amide bonds. The molecule has 0 aliphatic carbocycles. The molecule has 0 fully saturated rings. The fourth-order valence-electron chi connectivity index (χ4n) is 0.750. The maximum atomic E-state index is 11.2. The van der Waals surface area contributed by atoms with Gasteiger partial charge < -0.3 is 15.2 Å². The third-order valence-corrected chi connectivity index (χ3v) is 1.27. The van der Waals surface area contributed by atoms with E-state index in [-0.39, 0.29) is 24.4 Å². The van der Waals surface area contributed by atoms with Crippen LogP contribution < -0.4 is 10.5 Å². The van der Waals surface area contributed by atoms with Crippen molar-refractivity contribution in [2.24, 2.45) is 0 Å². The van der Waals surface area contributed by atoms with E-state index in [4.69, 9.17) is 10.5 Å². The molecule has 14 heavy (non-hydrogen) atoms. The lowest BCUT2D eigenvalue weighted by Gasteiger charge is -2.02. The highest BCUT2D eigenvalue weighted by Crippen LogP contribution is 2.05. The summed E-state index contributed by atoms with van der Waals surface area (Å²) in [5.74, 6) is -0.893. The Morgan fingerprint density at radius 2 is 2.14 bits per heavy atom. The molecule has 0 saturated heterocycles. The monoisotopic (exact) mass is 198 g/mol. The number of hydrogen-bond acceptors (Lipinski definition) is 7. The van der Waals surface area contributed by atoms with E-state index in [2.05, 4.69) is 19.7 Å². The van der Waals surface area contributed by atoms with E-state index >= 15 is 0 Å². The van der Waals surface area contributed by atoms with E-state index in [9.17, 15) is 4.79 Å². The largest absolute Gasteiger partial charge is 0.467 e. The molecule has 1 aromatic heterocycles. The summed E-state index contributed by atoms with van der Waals surface area (Å²) < 4.78 is 9.39. The molecule has 0 atom stereocenters. The molecule has 1 rings (SSSR count). The van der Waals surface area contributed by atoms with Gasteiger partial charge in [-0.1, -0.05) is 0 Å². The van der Waals surface area contributed by atoms with E-state index < -0.39 is 5.97 Å². The topological polar surface area (TPSA) is 100 Å². The van der Waals surface area contributed by atoms with Crippen LogP contribution in [-0.4, -0.2) is 34.6 Å². The summed E-state index contributed by atoms with van der Waals surface area (Å²) in [4.78, 5) is 22.1. The van der Waals surface area contributed by atoms with Gasteiger partial charge >= 0.3 is 12.0 Å². The Kier molecular flexibility index (Phi) is 3.16. The Labute approximate surface area is 80.3 Å². The fourth-order valence-corrected chi connectivity index (χ4v) is 0.750. The summed E-state index contributed by atoms with van der Waals surface area (Å²) in [5, 5.41) is 0. The number of nitrogen functional groups attached to an aromatic ring is 1. The molecule has 0 spiro atoms. The van der Waals surface area contributed by atoms with Crippen LogP contribution in [0, 0.1) is 0 Å². The highest BCUT2D eigenvalue weighted by Gasteiger charge is 2.13. The standard InChI is InChI=1S/C7H10N4O3/c1-3-14-5(12)4-9-6(8)11-7(10-4)13-2/h3H2,1-2H3,(H2,8,9,10,11). The van der Waals surface area contributed by atoms with Crippen molar-refractivity contribution in [2.45, 2.75) is 6.92 Å². The SMILES string of the molecule is CCOC(=O)c1nc(N)nc(OC)n1. The zero-order valence-corrected chi connectivity index (χ0v) is 7.85. The van der Waals surface area contributed by atoms with Crippen LogP contribution in [0.1, 0.15) is 17.5 Å². The molecule has 0 saturated carbocycles. The number of carbonyl (C=O) groups excluding carboxylic acids is 1.